The zero-order valence-electron chi connectivity index (χ0n) is 13.8. The minimum Gasteiger partial charge on any atom is -0.352 e. The van der Waals surface area contributed by atoms with Crippen LogP contribution >= 0.6 is 11.6 Å². The Bertz CT molecular complexity index is 785. The molecule has 3 rings (SSSR count). The van der Waals surface area contributed by atoms with Crippen molar-refractivity contribution >= 4 is 29.1 Å². The number of halogens is 1. The zero-order chi connectivity index (χ0) is 17.8. The van der Waals surface area contributed by atoms with Crippen molar-refractivity contribution in [2.24, 2.45) is 0 Å². The predicted molar refractivity (Wildman–Crippen MR) is 92.4 cm³/mol. The topological polar surface area (TPSA) is 102 Å². The molecule has 25 heavy (non-hydrogen) atoms. The molecule has 0 saturated heterocycles. The number of hydrogen-bond acceptors (Lipinski definition) is 5. The van der Waals surface area contributed by atoms with Crippen LogP contribution < -0.4 is 10.6 Å². The van der Waals surface area contributed by atoms with E-state index in [1.165, 1.54) is 17.1 Å². The van der Waals surface area contributed by atoms with Gasteiger partial charge in [0.25, 0.3) is 5.91 Å². The van der Waals surface area contributed by atoms with Crippen molar-refractivity contribution < 1.29 is 9.59 Å². The second-order valence-electron chi connectivity index (χ2n) is 6.04. The van der Waals surface area contributed by atoms with E-state index in [9.17, 15) is 9.59 Å². The van der Waals surface area contributed by atoms with Gasteiger partial charge in [-0.3, -0.25) is 14.3 Å². The Labute approximate surface area is 150 Å². The summed E-state index contributed by atoms with van der Waals surface area (Å²) in [6.45, 7) is 1.79. The molecule has 0 atom stereocenters. The summed E-state index contributed by atoms with van der Waals surface area (Å²) in [5.74, 6) is -0.0818. The summed E-state index contributed by atoms with van der Waals surface area (Å²) in [4.78, 5) is 32.2. The minimum atomic E-state index is -0.453. The number of carbonyl (C=O) groups is 2. The van der Waals surface area contributed by atoms with Crippen LogP contribution in [0.3, 0.4) is 0 Å². The van der Waals surface area contributed by atoms with Gasteiger partial charge in [0, 0.05) is 12.2 Å². The first-order chi connectivity index (χ1) is 12.0. The molecule has 132 valence electrons. The standard InChI is InChI=1S/C16H19ClN6O2/c1-10-18-7-13(17)15(20-10)16(25)22-12-6-19-23(8-12)9-14(24)21-11-4-2-3-5-11/h6-8,11H,2-5,9H2,1H3,(H,21,24)(H,22,25). The number of amides is 2. The summed E-state index contributed by atoms with van der Waals surface area (Å²) in [6, 6.07) is 0.269. The molecule has 0 aliphatic heterocycles. The van der Waals surface area contributed by atoms with Crippen LogP contribution in [0, 0.1) is 6.92 Å². The van der Waals surface area contributed by atoms with Crippen molar-refractivity contribution in [1.82, 2.24) is 25.1 Å². The van der Waals surface area contributed by atoms with Gasteiger partial charge < -0.3 is 10.6 Å². The van der Waals surface area contributed by atoms with Crippen molar-refractivity contribution in [3.63, 3.8) is 0 Å². The van der Waals surface area contributed by atoms with Crippen molar-refractivity contribution in [3.8, 4) is 0 Å². The van der Waals surface area contributed by atoms with Gasteiger partial charge in [0.2, 0.25) is 5.91 Å². The lowest BCUT2D eigenvalue weighted by molar-refractivity contribution is -0.122. The molecule has 2 heterocycles. The second kappa shape index (κ2) is 7.60. The molecule has 2 aromatic rings. The highest BCUT2D eigenvalue weighted by Gasteiger charge is 2.18. The van der Waals surface area contributed by atoms with Gasteiger partial charge in [-0.2, -0.15) is 5.10 Å². The maximum absolute atomic E-state index is 12.2. The Morgan fingerprint density at radius 3 is 2.84 bits per heavy atom. The molecule has 0 bridgehead atoms. The fourth-order valence-corrected chi connectivity index (χ4v) is 2.99. The number of rotatable bonds is 5. The number of nitrogens with zero attached hydrogens (tertiary/aromatic N) is 4. The lowest BCUT2D eigenvalue weighted by Crippen LogP contribution is -2.35. The van der Waals surface area contributed by atoms with Crippen LogP contribution in [-0.4, -0.2) is 37.6 Å². The lowest BCUT2D eigenvalue weighted by Gasteiger charge is -2.11. The maximum Gasteiger partial charge on any atom is 0.276 e. The molecule has 2 amide bonds. The van der Waals surface area contributed by atoms with Crippen LogP contribution in [-0.2, 0) is 11.3 Å². The molecule has 0 spiro atoms. The molecule has 9 heteroatoms. The van der Waals surface area contributed by atoms with Crippen LogP contribution in [0.4, 0.5) is 5.69 Å². The third-order valence-corrected chi connectivity index (χ3v) is 4.27. The Balaban J connectivity index is 1.58. The van der Waals surface area contributed by atoms with Gasteiger partial charge in [0.1, 0.15) is 12.4 Å². The second-order valence-corrected chi connectivity index (χ2v) is 6.45. The third-order valence-electron chi connectivity index (χ3n) is 4.00. The summed E-state index contributed by atoms with van der Waals surface area (Å²) < 4.78 is 1.48. The summed E-state index contributed by atoms with van der Waals surface area (Å²) in [5, 5.41) is 9.93. The van der Waals surface area contributed by atoms with Crippen LogP contribution in [0.15, 0.2) is 18.6 Å². The fraction of sp³-hybridized carbons (Fsp3) is 0.438. The fourth-order valence-electron chi connectivity index (χ4n) is 2.81. The van der Waals surface area contributed by atoms with Gasteiger partial charge in [0.15, 0.2) is 5.69 Å². The summed E-state index contributed by atoms with van der Waals surface area (Å²) in [5.41, 5.74) is 0.562. The van der Waals surface area contributed by atoms with E-state index in [0.717, 1.165) is 25.7 Å². The lowest BCUT2D eigenvalue weighted by atomic mass is 10.2. The largest absolute Gasteiger partial charge is 0.352 e. The molecule has 0 unspecified atom stereocenters. The molecule has 2 aromatic heterocycles. The van der Waals surface area contributed by atoms with E-state index >= 15 is 0 Å². The minimum absolute atomic E-state index is 0.0812. The van der Waals surface area contributed by atoms with E-state index in [4.69, 9.17) is 11.6 Å². The Morgan fingerprint density at radius 2 is 2.08 bits per heavy atom. The third kappa shape index (κ3) is 4.54. The highest BCUT2D eigenvalue weighted by molar-refractivity contribution is 6.33. The smallest absolute Gasteiger partial charge is 0.276 e. The molecule has 0 radical (unpaired) electrons. The number of anilines is 1. The normalized spacial score (nSPS) is 14.5. The van der Waals surface area contributed by atoms with Gasteiger partial charge in [-0.05, 0) is 19.8 Å². The van der Waals surface area contributed by atoms with Crippen LogP contribution in [0.5, 0.6) is 0 Å². The number of aromatic nitrogens is 4. The molecular weight excluding hydrogens is 344 g/mol. The van der Waals surface area contributed by atoms with Gasteiger partial charge in [0.05, 0.1) is 23.1 Å². The quantitative estimate of drug-likeness (QED) is 0.846. The monoisotopic (exact) mass is 362 g/mol. The summed E-state index contributed by atoms with van der Waals surface area (Å²) in [6.07, 6.45) is 8.84. The van der Waals surface area contributed by atoms with Crippen LogP contribution in [0.25, 0.3) is 0 Å². The molecule has 8 nitrogen and oxygen atoms in total. The molecule has 1 fully saturated rings. The zero-order valence-corrected chi connectivity index (χ0v) is 14.6. The predicted octanol–water partition coefficient (Wildman–Crippen LogP) is 1.95. The Hall–Kier alpha value is -2.48. The van der Waals surface area contributed by atoms with Gasteiger partial charge in [-0.1, -0.05) is 24.4 Å². The van der Waals surface area contributed by atoms with Gasteiger partial charge in [-0.25, -0.2) is 9.97 Å². The maximum atomic E-state index is 12.2. The van der Waals surface area contributed by atoms with Crippen molar-refractivity contribution in [1.29, 1.82) is 0 Å². The van der Waals surface area contributed by atoms with Crippen molar-refractivity contribution in [2.45, 2.75) is 45.2 Å². The number of hydrogen-bond donors (Lipinski definition) is 2. The first-order valence-corrected chi connectivity index (χ1v) is 8.51. The average Bonchev–Trinajstić information content (AvgIpc) is 3.22. The van der Waals surface area contributed by atoms with Crippen LogP contribution in [0.1, 0.15) is 42.0 Å². The number of nitrogens with one attached hydrogen (secondary N) is 2. The average molecular weight is 363 g/mol. The molecule has 1 aliphatic rings. The highest BCUT2D eigenvalue weighted by Crippen LogP contribution is 2.18. The molecule has 2 N–H and O–H groups in total. The van der Waals surface area contributed by atoms with Crippen LogP contribution in [0.2, 0.25) is 5.02 Å². The van der Waals surface area contributed by atoms with E-state index in [1.807, 2.05) is 0 Å². The first-order valence-electron chi connectivity index (χ1n) is 8.13. The molecule has 1 saturated carbocycles. The van der Waals surface area contributed by atoms with E-state index in [0.29, 0.717) is 11.5 Å². The van der Waals surface area contributed by atoms with E-state index < -0.39 is 5.91 Å². The van der Waals surface area contributed by atoms with E-state index in [1.54, 1.807) is 13.1 Å². The molecule has 1 aliphatic carbocycles. The van der Waals surface area contributed by atoms with E-state index in [2.05, 4.69) is 25.7 Å². The molecular formula is C16H19ClN6O2. The Kier molecular flexibility index (Phi) is 5.28. The highest BCUT2D eigenvalue weighted by atomic mass is 35.5. The van der Waals surface area contributed by atoms with Crippen molar-refractivity contribution in [3.05, 3.63) is 35.1 Å². The van der Waals surface area contributed by atoms with Crippen molar-refractivity contribution in [2.75, 3.05) is 5.32 Å². The number of aryl methyl sites for hydroxylation is 1. The first kappa shape index (κ1) is 17.3. The van der Waals surface area contributed by atoms with Gasteiger partial charge >= 0.3 is 0 Å². The van der Waals surface area contributed by atoms with Gasteiger partial charge in [-0.15, -0.1) is 0 Å². The summed E-state index contributed by atoms with van der Waals surface area (Å²) >= 11 is 5.95. The number of carbonyl (C=O) groups excluding carboxylic acids is 2. The molecule has 0 aromatic carbocycles. The SMILES string of the molecule is Cc1ncc(Cl)c(C(=O)Nc2cnn(CC(=O)NC3CCCC3)c2)n1. The summed E-state index contributed by atoms with van der Waals surface area (Å²) in [7, 11) is 0. The Morgan fingerprint density at radius 1 is 1.32 bits per heavy atom. The van der Waals surface area contributed by atoms with E-state index in [-0.39, 0.29) is 29.2 Å².